The Labute approximate surface area is 144 Å². The van der Waals surface area contributed by atoms with Crippen LogP contribution in [0.1, 0.15) is 41.7 Å². The molecule has 24 heavy (non-hydrogen) atoms. The number of nitrogens with zero attached hydrogens (tertiary/aromatic N) is 2. The van der Waals surface area contributed by atoms with Gasteiger partial charge in [-0.15, -0.1) is 0 Å². The summed E-state index contributed by atoms with van der Waals surface area (Å²) in [5.41, 5.74) is 2.23. The lowest BCUT2D eigenvalue weighted by molar-refractivity contribution is -0.00697. The summed E-state index contributed by atoms with van der Waals surface area (Å²) < 4.78 is 11.2. The first-order chi connectivity index (χ1) is 11.5. The Morgan fingerprint density at radius 2 is 2.33 bits per heavy atom. The van der Waals surface area contributed by atoms with Gasteiger partial charge >= 0.3 is 0 Å². The minimum absolute atomic E-state index is 0.0651. The topological polar surface area (TPSA) is 89.1 Å². The van der Waals surface area contributed by atoms with Crippen LogP contribution in [-0.2, 0) is 11.2 Å². The molecule has 0 unspecified atom stereocenters. The summed E-state index contributed by atoms with van der Waals surface area (Å²) >= 11 is 5.83. The molecule has 1 amide bonds. The van der Waals surface area contributed by atoms with Gasteiger partial charge in [-0.1, -0.05) is 11.6 Å². The third-order valence-corrected chi connectivity index (χ3v) is 3.99. The van der Waals surface area contributed by atoms with E-state index in [9.17, 15) is 4.79 Å². The summed E-state index contributed by atoms with van der Waals surface area (Å²) in [4.78, 5) is 16.3. The van der Waals surface area contributed by atoms with Gasteiger partial charge in [-0.2, -0.15) is 5.10 Å². The lowest BCUT2D eigenvalue weighted by Crippen LogP contribution is -2.30. The number of hydrogen-bond acceptors (Lipinski definition) is 5. The van der Waals surface area contributed by atoms with Gasteiger partial charge in [-0.3, -0.25) is 14.9 Å². The number of ether oxygens (including phenoxy) is 2. The first-order valence-corrected chi connectivity index (χ1v) is 8.16. The molecule has 3 heterocycles. The Morgan fingerprint density at radius 1 is 1.50 bits per heavy atom. The summed E-state index contributed by atoms with van der Waals surface area (Å²) in [6.07, 6.45) is 3.75. The van der Waals surface area contributed by atoms with Gasteiger partial charge in [0.25, 0.3) is 5.91 Å². The molecule has 3 rings (SSSR count). The number of aromatic amines is 1. The third-order valence-electron chi connectivity index (χ3n) is 3.78. The second-order valence-corrected chi connectivity index (χ2v) is 6.14. The second-order valence-electron chi connectivity index (χ2n) is 5.70. The molecule has 2 aromatic heterocycles. The zero-order valence-corrected chi connectivity index (χ0v) is 14.3. The summed E-state index contributed by atoms with van der Waals surface area (Å²) in [6.45, 7) is 4.60. The van der Waals surface area contributed by atoms with Crippen molar-refractivity contribution in [1.82, 2.24) is 20.5 Å². The molecule has 0 saturated carbocycles. The summed E-state index contributed by atoms with van der Waals surface area (Å²) in [5, 5.41) is 10.4. The standard InChI is InChI=1S/C16H19ClN4O3/c1-9-5-13-14(10(2)24-9)20-21-15(13)16(22)19-3-4-23-12-6-11(17)7-18-8-12/h6-10H,3-5H2,1-2H3,(H,19,22)(H,20,21)/t9-,10+/m1/s1. The van der Waals surface area contributed by atoms with Crippen LogP contribution in [0.4, 0.5) is 0 Å². The normalized spacial score (nSPS) is 19.6. The summed E-state index contributed by atoms with van der Waals surface area (Å²) in [5.74, 6) is 0.343. The predicted molar refractivity (Wildman–Crippen MR) is 88.3 cm³/mol. The average Bonchev–Trinajstić information content (AvgIpc) is 2.95. The SMILES string of the molecule is C[C@@H]1Cc2c(C(=O)NCCOc3cncc(Cl)c3)n[nH]c2[C@H](C)O1. The number of aromatic nitrogens is 3. The molecule has 0 radical (unpaired) electrons. The fourth-order valence-electron chi connectivity index (χ4n) is 2.75. The molecular formula is C16H19ClN4O3. The van der Waals surface area contributed by atoms with Crippen molar-refractivity contribution in [2.75, 3.05) is 13.2 Å². The first-order valence-electron chi connectivity index (χ1n) is 7.78. The number of pyridine rings is 1. The quantitative estimate of drug-likeness (QED) is 0.807. The molecule has 0 aliphatic carbocycles. The van der Waals surface area contributed by atoms with E-state index in [1.54, 1.807) is 12.3 Å². The van der Waals surface area contributed by atoms with Gasteiger partial charge in [0.15, 0.2) is 5.69 Å². The highest BCUT2D eigenvalue weighted by molar-refractivity contribution is 6.30. The third kappa shape index (κ3) is 3.68. The lowest BCUT2D eigenvalue weighted by Gasteiger charge is -2.25. The molecule has 128 valence electrons. The van der Waals surface area contributed by atoms with Crippen molar-refractivity contribution in [3.05, 3.63) is 40.4 Å². The van der Waals surface area contributed by atoms with Crippen LogP contribution in [0.2, 0.25) is 5.02 Å². The van der Waals surface area contributed by atoms with E-state index in [2.05, 4.69) is 20.5 Å². The van der Waals surface area contributed by atoms with E-state index in [0.717, 1.165) is 11.3 Å². The number of halogens is 1. The van der Waals surface area contributed by atoms with Crippen molar-refractivity contribution in [2.24, 2.45) is 0 Å². The van der Waals surface area contributed by atoms with Crippen molar-refractivity contribution >= 4 is 17.5 Å². The van der Waals surface area contributed by atoms with E-state index < -0.39 is 0 Å². The van der Waals surface area contributed by atoms with E-state index in [1.165, 1.54) is 6.20 Å². The van der Waals surface area contributed by atoms with Crippen molar-refractivity contribution < 1.29 is 14.3 Å². The zero-order valence-electron chi connectivity index (χ0n) is 13.5. The highest BCUT2D eigenvalue weighted by atomic mass is 35.5. The Hall–Kier alpha value is -2.12. The van der Waals surface area contributed by atoms with Crippen LogP contribution in [-0.4, -0.2) is 40.3 Å². The second kappa shape index (κ2) is 7.19. The van der Waals surface area contributed by atoms with Crippen molar-refractivity contribution in [1.29, 1.82) is 0 Å². The molecule has 2 atom stereocenters. The molecule has 1 aliphatic heterocycles. The molecule has 0 bridgehead atoms. The molecule has 0 fully saturated rings. The van der Waals surface area contributed by atoms with Gasteiger partial charge in [0.1, 0.15) is 12.4 Å². The Morgan fingerprint density at radius 3 is 3.12 bits per heavy atom. The number of rotatable bonds is 5. The maximum atomic E-state index is 12.3. The van der Waals surface area contributed by atoms with Crippen molar-refractivity contribution in [3.8, 4) is 5.75 Å². The van der Waals surface area contributed by atoms with E-state index in [-0.39, 0.29) is 18.1 Å². The van der Waals surface area contributed by atoms with E-state index >= 15 is 0 Å². The molecule has 8 heteroatoms. The molecular weight excluding hydrogens is 332 g/mol. The van der Waals surface area contributed by atoms with Crippen LogP contribution in [0.25, 0.3) is 0 Å². The molecule has 7 nitrogen and oxygen atoms in total. The Kier molecular flexibility index (Phi) is 5.01. The molecule has 1 aliphatic rings. The largest absolute Gasteiger partial charge is 0.490 e. The minimum Gasteiger partial charge on any atom is -0.490 e. The maximum Gasteiger partial charge on any atom is 0.272 e. The number of carbonyl (C=O) groups excluding carboxylic acids is 1. The smallest absolute Gasteiger partial charge is 0.272 e. The molecule has 2 N–H and O–H groups in total. The number of H-pyrrole nitrogens is 1. The number of nitrogens with one attached hydrogen (secondary N) is 2. The van der Waals surface area contributed by atoms with Gasteiger partial charge in [0.2, 0.25) is 0 Å². The van der Waals surface area contributed by atoms with Crippen LogP contribution in [0.15, 0.2) is 18.5 Å². The first kappa shape index (κ1) is 16.7. The Bertz CT molecular complexity index is 734. The van der Waals surface area contributed by atoms with Gasteiger partial charge in [-0.05, 0) is 13.8 Å². The monoisotopic (exact) mass is 350 g/mol. The molecule has 0 spiro atoms. The van der Waals surface area contributed by atoms with Gasteiger partial charge < -0.3 is 14.8 Å². The van der Waals surface area contributed by atoms with Crippen molar-refractivity contribution in [3.63, 3.8) is 0 Å². The molecule has 0 saturated heterocycles. The van der Waals surface area contributed by atoms with Gasteiger partial charge in [0, 0.05) is 24.2 Å². The average molecular weight is 351 g/mol. The highest BCUT2D eigenvalue weighted by Crippen LogP contribution is 2.29. The molecule has 2 aromatic rings. The van der Waals surface area contributed by atoms with E-state index in [1.807, 2.05) is 13.8 Å². The maximum absolute atomic E-state index is 12.3. The van der Waals surface area contributed by atoms with Gasteiger partial charge in [-0.25, -0.2) is 0 Å². The lowest BCUT2D eigenvalue weighted by atomic mass is 9.99. The number of amides is 1. The van der Waals surface area contributed by atoms with Crippen LogP contribution in [0.5, 0.6) is 5.75 Å². The van der Waals surface area contributed by atoms with Crippen LogP contribution >= 0.6 is 11.6 Å². The highest BCUT2D eigenvalue weighted by Gasteiger charge is 2.29. The van der Waals surface area contributed by atoms with Crippen LogP contribution in [0, 0.1) is 0 Å². The molecule has 0 aromatic carbocycles. The number of carbonyl (C=O) groups is 1. The summed E-state index contributed by atoms with van der Waals surface area (Å²) in [7, 11) is 0. The van der Waals surface area contributed by atoms with Crippen LogP contribution in [0.3, 0.4) is 0 Å². The Balaban J connectivity index is 1.54. The zero-order chi connectivity index (χ0) is 17.1. The number of hydrogen-bond donors (Lipinski definition) is 2. The summed E-state index contributed by atoms with van der Waals surface area (Å²) in [6, 6.07) is 1.67. The van der Waals surface area contributed by atoms with Crippen LogP contribution < -0.4 is 10.1 Å². The predicted octanol–water partition coefficient (Wildman–Crippen LogP) is 2.29. The van der Waals surface area contributed by atoms with Gasteiger partial charge in [0.05, 0.1) is 35.7 Å². The van der Waals surface area contributed by atoms with E-state index in [0.29, 0.717) is 36.0 Å². The van der Waals surface area contributed by atoms with E-state index in [4.69, 9.17) is 21.1 Å². The minimum atomic E-state index is -0.221. The number of fused-ring (bicyclic) bond motifs is 1. The fraction of sp³-hybridized carbons (Fsp3) is 0.438. The van der Waals surface area contributed by atoms with Crippen molar-refractivity contribution in [2.45, 2.75) is 32.5 Å². The fourth-order valence-corrected chi connectivity index (χ4v) is 2.91.